The molecule has 1 saturated heterocycles. The maximum atomic E-state index is 11.5. The number of piperidine rings is 1. The van der Waals surface area contributed by atoms with Gasteiger partial charge in [0.1, 0.15) is 11.5 Å². The van der Waals surface area contributed by atoms with Crippen molar-refractivity contribution in [3.05, 3.63) is 23.7 Å². The first-order valence-corrected chi connectivity index (χ1v) is 8.97. The molecule has 6 heteroatoms. The molecule has 1 aromatic rings. The summed E-state index contributed by atoms with van der Waals surface area (Å²) >= 11 is 0. The molecule has 0 amide bonds. The molecule has 0 aliphatic carbocycles. The summed E-state index contributed by atoms with van der Waals surface area (Å²) in [7, 11) is -3.08. The number of likely N-dealkylation sites (tertiary alicyclic amines) is 1. The predicted octanol–water partition coefficient (Wildman–Crippen LogP) is 1.75. The Labute approximate surface area is 121 Å². The summed E-state index contributed by atoms with van der Waals surface area (Å²) < 4.78 is 31.5. The van der Waals surface area contributed by atoms with Gasteiger partial charge in [0.15, 0.2) is 0 Å². The standard InChI is InChI=1S/C14H24N2O3S/c1-3-13-5-6-14(19-13)11-16-9-7-12(8-10-16)15-20(17,18)4-2/h5-6,12,15H,3-4,7-11H2,1-2H3. The molecular weight excluding hydrogens is 276 g/mol. The minimum Gasteiger partial charge on any atom is -0.465 e. The van der Waals surface area contributed by atoms with Crippen LogP contribution in [0.4, 0.5) is 0 Å². The van der Waals surface area contributed by atoms with E-state index >= 15 is 0 Å². The van der Waals surface area contributed by atoms with Crippen molar-refractivity contribution in [2.24, 2.45) is 0 Å². The highest BCUT2D eigenvalue weighted by molar-refractivity contribution is 7.89. The van der Waals surface area contributed by atoms with Crippen LogP contribution in [0.25, 0.3) is 0 Å². The van der Waals surface area contributed by atoms with E-state index in [0.717, 1.165) is 50.4 Å². The van der Waals surface area contributed by atoms with E-state index < -0.39 is 10.0 Å². The minimum atomic E-state index is -3.08. The van der Waals surface area contributed by atoms with Gasteiger partial charge in [-0.2, -0.15) is 0 Å². The maximum absolute atomic E-state index is 11.5. The maximum Gasteiger partial charge on any atom is 0.211 e. The molecule has 0 atom stereocenters. The lowest BCUT2D eigenvalue weighted by Gasteiger charge is -2.31. The molecule has 2 rings (SSSR count). The number of furan rings is 1. The monoisotopic (exact) mass is 300 g/mol. The number of hydrogen-bond acceptors (Lipinski definition) is 4. The van der Waals surface area contributed by atoms with Crippen LogP contribution in [0.5, 0.6) is 0 Å². The van der Waals surface area contributed by atoms with Crippen molar-refractivity contribution < 1.29 is 12.8 Å². The number of rotatable bonds is 6. The third-order valence-electron chi connectivity index (χ3n) is 3.76. The average molecular weight is 300 g/mol. The van der Waals surface area contributed by atoms with Gasteiger partial charge < -0.3 is 4.42 Å². The van der Waals surface area contributed by atoms with Gasteiger partial charge in [0.05, 0.1) is 12.3 Å². The Hall–Kier alpha value is -0.850. The van der Waals surface area contributed by atoms with Crippen molar-refractivity contribution in [1.29, 1.82) is 0 Å². The third kappa shape index (κ3) is 4.33. The third-order valence-corrected chi connectivity index (χ3v) is 5.21. The second-order valence-electron chi connectivity index (χ2n) is 5.29. The Balaban J connectivity index is 1.79. The zero-order chi connectivity index (χ0) is 14.6. The Bertz CT molecular complexity index is 516. The van der Waals surface area contributed by atoms with Gasteiger partial charge in [0, 0.05) is 25.6 Å². The first kappa shape index (κ1) is 15.5. The van der Waals surface area contributed by atoms with Crippen molar-refractivity contribution in [1.82, 2.24) is 9.62 Å². The molecule has 1 aliphatic heterocycles. The largest absolute Gasteiger partial charge is 0.465 e. The van der Waals surface area contributed by atoms with Crippen LogP contribution >= 0.6 is 0 Å². The summed E-state index contributed by atoms with van der Waals surface area (Å²) in [5.41, 5.74) is 0. The second-order valence-corrected chi connectivity index (χ2v) is 7.34. The average Bonchev–Trinajstić information content (AvgIpc) is 2.88. The fourth-order valence-corrected chi connectivity index (χ4v) is 3.37. The van der Waals surface area contributed by atoms with Gasteiger partial charge in [0.2, 0.25) is 10.0 Å². The van der Waals surface area contributed by atoms with E-state index in [1.165, 1.54) is 0 Å². The first-order chi connectivity index (χ1) is 9.52. The highest BCUT2D eigenvalue weighted by Crippen LogP contribution is 2.16. The van der Waals surface area contributed by atoms with Crippen LogP contribution in [-0.4, -0.2) is 38.2 Å². The van der Waals surface area contributed by atoms with Crippen molar-refractivity contribution in [3.8, 4) is 0 Å². The summed E-state index contributed by atoms with van der Waals surface area (Å²) in [6.07, 6.45) is 2.64. The van der Waals surface area contributed by atoms with E-state index in [0.29, 0.717) is 0 Å². The van der Waals surface area contributed by atoms with Crippen LogP contribution < -0.4 is 4.72 Å². The lowest BCUT2D eigenvalue weighted by Crippen LogP contribution is -2.44. The first-order valence-electron chi connectivity index (χ1n) is 7.32. The topological polar surface area (TPSA) is 62.6 Å². The van der Waals surface area contributed by atoms with E-state index in [-0.39, 0.29) is 11.8 Å². The van der Waals surface area contributed by atoms with Crippen LogP contribution in [0.15, 0.2) is 16.5 Å². The van der Waals surface area contributed by atoms with Gasteiger partial charge in [-0.05, 0) is 31.9 Å². The molecule has 0 radical (unpaired) electrons. The Morgan fingerprint density at radius 3 is 2.45 bits per heavy atom. The number of nitrogens with zero attached hydrogens (tertiary/aromatic N) is 1. The molecule has 0 spiro atoms. The van der Waals surface area contributed by atoms with Gasteiger partial charge in [0.25, 0.3) is 0 Å². The van der Waals surface area contributed by atoms with Gasteiger partial charge in [-0.1, -0.05) is 6.92 Å². The molecule has 0 unspecified atom stereocenters. The zero-order valence-corrected chi connectivity index (χ0v) is 13.1. The molecule has 0 saturated carbocycles. The predicted molar refractivity (Wildman–Crippen MR) is 79.0 cm³/mol. The van der Waals surface area contributed by atoms with E-state index in [9.17, 15) is 8.42 Å². The molecule has 5 nitrogen and oxygen atoms in total. The van der Waals surface area contributed by atoms with Crippen LogP contribution in [-0.2, 0) is 23.0 Å². The lowest BCUT2D eigenvalue weighted by molar-refractivity contribution is 0.186. The Morgan fingerprint density at radius 1 is 1.25 bits per heavy atom. The smallest absolute Gasteiger partial charge is 0.211 e. The van der Waals surface area contributed by atoms with Crippen molar-refractivity contribution in [3.63, 3.8) is 0 Å². The molecule has 1 aliphatic rings. The Kier molecular flexibility index (Phi) is 5.23. The Morgan fingerprint density at radius 2 is 1.90 bits per heavy atom. The SMILES string of the molecule is CCc1ccc(CN2CCC(NS(=O)(=O)CC)CC2)o1. The van der Waals surface area contributed by atoms with E-state index in [1.807, 2.05) is 12.1 Å². The number of aryl methyl sites for hydroxylation is 1. The molecular formula is C14H24N2O3S. The summed E-state index contributed by atoms with van der Waals surface area (Å²) in [5, 5.41) is 0. The summed E-state index contributed by atoms with van der Waals surface area (Å²) in [5.74, 6) is 2.17. The molecule has 2 heterocycles. The number of hydrogen-bond donors (Lipinski definition) is 1. The molecule has 0 aromatic carbocycles. The van der Waals surface area contributed by atoms with Crippen LogP contribution in [0.2, 0.25) is 0 Å². The zero-order valence-electron chi connectivity index (χ0n) is 12.3. The van der Waals surface area contributed by atoms with E-state index in [1.54, 1.807) is 6.92 Å². The van der Waals surface area contributed by atoms with Gasteiger partial charge in [-0.25, -0.2) is 13.1 Å². The number of nitrogens with one attached hydrogen (secondary N) is 1. The normalized spacial score (nSPS) is 18.5. The van der Waals surface area contributed by atoms with Crippen LogP contribution in [0.1, 0.15) is 38.2 Å². The molecule has 0 bridgehead atoms. The van der Waals surface area contributed by atoms with Crippen LogP contribution in [0, 0.1) is 0 Å². The quantitative estimate of drug-likeness (QED) is 0.869. The highest BCUT2D eigenvalue weighted by Gasteiger charge is 2.23. The summed E-state index contributed by atoms with van der Waals surface area (Å²) in [4.78, 5) is 2.31. The lowest BCUT2D eigenvalue weighted by atomic mass is 10.1. The molecule has 20 heavy (non-hydrogen) atoms. The summed E-state index contributed by atoms with van der Waals surface area (Å²) in [6.45, 7) is 6.36. The van der Waals surface area contributed by atoms with Gasteiger partial charge >= 0.3 is 0 Å². The van der Waals surface area contributed by atoms with Crippen LogP contribution in [0.3, 0.4) is 0 Å². The van der Waals surface area contributed by atoms with Crippen molar-refractivity contribution in [2.45, 2.75) is 45.7 Å². The molecule has 1 N–H and O–H groups in total. The molecule has 114 valence electrons. The highest BCUT2D eigenvalue weighted by atomic mass is 32.2. The van der Waals surface area contributed by atoms with Gasteiger partial charge in [-0.15, -0.1) is 0 Å². The molecule has 1 fully saturated rings. The summed E-state index contributed by atoms with van der Waals surface area (Å²) in [6, 6.07) is 4.14. The van der Waals surface area contributed by atoms with E-state index in [2.05, 4.69) is 16.5 Å². The fraction of sp³-hybridized carbons (Fsp3) is 0.714. The fourth-order valence-electron chi connectivity index (χ4n) is 2.46. The van der Waals surface area contributed by atoms with Crippen molar-refractivity contribution >= 4 is 10.0 Å². The second kappa shape index (κ2) is 6.74. The molecule has 1 aromatic heterocycles. The van der Waals surface area contributed by atoms with E-state index in [4.69, 9.17) is 4.42 Å². The number of sulfonamides is 1. The van der Waals surface area contributed by atoms with Gasteiger partial charge in [-0.3, -0.25) is 4.90 Å². The van der Waals surface area contributed by atoms with Crippen molar-refractivity contribution in [2.75, 3.05) is 18.8 Å². The minimum absolute atomic E-state index is 0.0824.